The van der Waals surface area contributed by atoms with E-state index >= 15 is 0 Å². The van der Waals surface area contributed by atoms with Crippen molar-refractivity contribution < 1.29 is 9.53 Å². The van der Waals surface area contributed by atoms with Crippen molar-refractivity contribution in [2.24, 2.45) is 0 Å². The highest BCUT2D eigenvalue weighted by atomic mass is 32.2. The highest BCUT2D eigenvalue weighted by Gasteiger charge is 2.00. The quantitative estimate of drug-likeness (QED) is 0.631. The van der Waals surface area contributed by atoms with E-state index in [1.54, 1.807) is 11.8 Å². The number of rotatable bonds is 8. The fourth-order valence-electron chi connectivity index (χ4n) is 0.852. The fourth-order valence-corrected chi connectivity index (χ4v) is 1.24. The van der Waals surface area contributed by atoms with Crippen molar-refractivity contribution in [3.8, 4) is 0 Å². The molecule has 0 heterocycles. The van der Waals surface area contributed by atoms with Gasteiger partial charge in [0.2, 0.25) is 5.91 Å². The van der Waals surface area contributed by atoms with Crippen LogP contribution >= 0.6 is 11.8 Å². The SMILES string of the molecule is CCC(C)OCCNC(=O)CCSC. The van der Waals surface area contributed by atoms with E-state index in [0.29, 0.717) is 19.6 Å². The van der Waals surface area contributed by atoms with Crippen molar-refractivity contribution in [3.63, 3.8) is 0 Å². The van der Waals surface area contributed by atoms with Crippen molar-refractivity contribution >= 4 is 17.7 Å². The number of hydrogen-bond donors (Lipinski definition) is 1. The number of ether oxygens (including phenoxy) is 1. The molecular formula is C10H21NO2S. The highest BCUT2D eigenvalue weighted by Crippen LogP contribution is 1.95. The molecule has 0 aromatic heterocycles. The summed E-state index contributed by atoms with van der Waals surface area (Å²) >= 11 is 1.69. The third-order valence-electron chi connectivity index (χ3n) is 1.93. The molecule has 0 aliphatic heterocycles. The Morgan fingerprint density at radius 1 is 1.57 bits per heavy atom. The highest BCUT2D eigenvalue weighted by molar-refractivity contribution is 7.98. The van der Waals surface area contributed by atoms with Crippen LogP contribution in [0.2, 0.25) is 0 Å². The first-order valence-electron chi connectivity index (χ1n) is 5.08. The van der Waals surface area contributed by atoms with Gasteiger partial charge in [-0.3, -0.25) is 4.79 Å². The van der Waals surface area contributed by atoms with Gasteiger partial charge in [-0.1, -0.05) is 6.92 Å². The van der Waals surface area contributed by atoms with Crippen LogP contribution in [0.15, 0.2) is 0 Å². The average molecular weight is 219 g/mol. The van der Waals surface area contributed by atoms with Crippen LogP contribution in [0.25, 0.3) is 0 Å². The molecule has 0 radical (unpaired) electrons. The minimum Gasteiger partial charge on any atom is -0.377 e. The Hall–Kier alpha value is -0.220. The van der Waals surface area contributed by atoms with Gasteiger partial charge in [0.1, 0.15) is 0 Å². The van der Waals surface area contributed by atoms with Crippen LogP contribution in [-0.2, 0) is 9.53 Å². The minimum atomic E-state index is 0.118. The zero-order valence-electron chi connectivity index (χ0n) is 9.34. The largest absolute Gasteiger partial charge is 0.377 e. The van der Waals surface area contributed by atoms with E-state index in [-0.39, 0.29) is 12.0 Å². The van der Waals surface area contributed by atoms with Gasteiger partial charge in [0.25, 0.3) is 0 Å². The molecule has 0 spiro atoms. The zero-order valence-corrected chi connectivity index (χ0v) is 10.2. The lowest BCUT2D eigenvalue weighted by Crippen LogP contribution is -2.28. The standard InChI is InChI=1S/C10H21NO2S/c1-4-9(2)13-7-6-11-10(12)5-8-14-3/h9H,4-8H2,1-3H3,(H,11,12). The molecule has 0 saturated carbocycles. The topological polar surface area (TPSA) is 38.3 Å². The Morgan fingerprint density at radius 2 is 2.29 bits per heavy atom. The van der Waals surface area contributed by atoms with Gasteiger partial charge in [0.05, 0.1) is 12.7 Å². The molecule has 3 nitrogen and oxygen atoms in total. The van der Waals surface area contributed by atoms with Crippen molar-refractivity contribution in [1.82, 2.24) is 5.32 Å². The number of carbonyl (C=O) groups excluding carboxylic acids is 1. The second-order valence-electron chi connectivity index (χ2n) is 3.18. The summed E-state index contributed by atoms with van der Waals surface area (Å²) in [6.07, 6.45) is 3.91. The molecule has 0 aromatic carbocycles. The Kier molecular flexibility index (Phi) is 9.19. The first-order chi connectivity index (χ1) is 6.70. The van der Waals surface area contributed by atoms with Gasteiger partial charge in [-0.2, -0.15) is 11.8 Å². The molecule has 0 aliphatic rings. The lowest BCUT2D eigenvalue weighted by molar-refractivity contribution is -0.121. The van der Waals surface area contributed by atoms with Crippen molar-refractivity contribution in [2.45, 2.75) is 32.8 Å². The molecule has 1 unspecified atom stereocenters. The van der Waals surface area contributed by atoms with Crippen molar-refractivity contribution in [1.29, 1.82) is 0 Å². The second-order valence-corrected chi connectivity index (χ2v) is 4.17. The first kappa shape index (κ1) is 13.8. The summed E-state index contributed by atoms with van der Waals surface area (Å²) in [6.45, 7) is 5.36. The van der Waals surface area contributed by atoms with Crippen molar-refractivity contribution in [3.05, 3.63) is 0 Å². The summed E-state index contributed by atoms with van der Waals surface area (Å²) < 4.78 is 5.43. The van der Waals surface area contributed by atoms with Gasteiger partial charge >= 0.3 is 0 Å². The van der Waals surface area contributed by atoms with Crippen molar-refractivity contribution in [2.75, 3.05) is 25.2 Å². The normalized spacial score (nSPS) is 12.5. The van der Waals surface area contributed by atoms with Gasteiger partial charge in [0.15, 0.2) is 0 Å². The molecule has 1 N–H and O–H groups in total. The lowest BCUT2D eigenvalue weighted by Gasteiger charge is -2.10. The molecule has 0 saturated heterocycles. The van der Waals surface area contributed by atoms with Gasteiger partial charge in [0, 0.05) is 18.7 Å². The van der Waals surface area contributed by atoms with Crippen LogP contribution in [0.1, 0.15) is 26.7 Å². The van der Waals surface area contributed by atoms with Gasteiger partial charge in [-0.05, 0) is 19.6 Å². The van der Waals surface area contributed by atoms with E-state index in [0.717, 1.165) is 12.2 Å². The number of carbonyl (C=O) groups is 1. The van der Waals surface area contributed by atoms with E-state index < -0.39 is 0 Å². The Labute approximate surface area is 91.0 Å². The maximum atomic E-state index is 11.1. The van der Waals surface area contributed by atoms with Crippen LogP contribution in [0.5, 0.6) is 0 Å². The molecule has 1 atom stereocenters. The van der Waals surface area contributed by atoms with E-state index in [2.05, 4.69) is 12.2 Å². The maximum Gasteiger partial charge on any atom is 0.220 e. The molecule has 14 heavy (non-hydrogen) atoms. The Balaban J connectivity index is 3.22. The summed E-state index contributed by atoms with van der Waals surface area (Å²) in [4.78, 5) is 11.1. The van der Waals surface area contributed by atoms with Crippen LogP contribution in [-0.4, -0.2) is 37.2 Å². The van der Waals surface area contributed by atoms with Gasteiger partial charge in [-0.25, -0.2) is 0 Å². The smallest absolute Gasteiger partial charge is 0.220 e. The predicted octanol–water partition coefficient (Wildman–Crippen LogP) is 1.67. The second kappa shape index (κ2) is 9.34. The third-order valence-corrected chi connectivity index (χ3v) is 2.55. The Bertz CT molecular complexity index is 153. The summed E-state index contributed by atoms with van der Waals surface area (Å²) in [5.41, 5.74) is 0. The van der Waals surface area contributed by atoms with E-state index in [1.165, 1.54) is 0 Å². The van der Waals surface area contributed by atoms with E-state index in [4.69, 9.17) is 4.74 Å². The lowest BCUT2D eigenvalue weighted by atomic mass is 10.3. The number of hydrogen-bond acceptors (Lipinski definition) is 3. The third kappa shape index (κ3) is 8.38. The van der Waals surface area contributed by atoms with Gasteiger partial charge in [-0.15, -0.1) is 0 Å². The molecule has 84 valence electrons. The summed E-state index contributed by atoms with van der Waals surface area (Å²) in [5, 5.41) is 2.82. The van der Waals surface area contributed by atoms with Crippen LogP contribution in [0.4, 0.5) is 0 Å². The molecular weight excluding hydrogens is 198 g/mol. The number of amides is 1. The van der Waals surface area contributed by atoms with Crippen LogP contribution < -0.4 is 5.32 Å². The summed E-state index contributed by atoms with van der Waals surface area (Å²) in [6, 6.07) is 0. The number of thioether (sulfide) groups is 1. The molecule has 1 amide bonds. The molecule has 4 heteroatoms. The first-order valence-corrected chi connectivity index (χ1v) is 6.47. The molecule has 0 fully saturated rings. The van der Waals surface area contributed by atoms with Crippen LogP contribution in [0, 0.1) is 0 Å². The maximum absolute atomic E-state index is 11.1. The van der Waals surface area contributed by atoms with E-state index in [9.17, 15) is 4.79 Å². The monoisotopic (exact) mass is 219 g/mol. The minimum absolute atomic E-state index is 0.118. The molecule has 0 bridgehead atoms. The Morgan fingerprint density at radius 3 is 2.86 bits per heavy atom. The fraction of sp³-hybridized carbons (Fsp3) is 0.900. The molecule has 0 aromatic rings. The van der Waals surface area contributed by atoms with E-state index in [1.807, 2.05) is 13.2 Å². The van der Waals surface area contributed by atoms with Gasteiger partial charge < -0.3 is 10.1 Å². The average Bonchev–Trinajstić information content (AvgIpc) is 2.21. The predicted molar refractivity (Wildman–Crippen MR) is 61.7 cm³/mol. The van der Waals surface area contributed by atoms with Crippen LogP contribution in [0.3, 0.4) is 0 Å². The number of nitrogens with one attached hydrogen (secondary N) is 1. The molecule has 0 aliphatic carbocycles. The molecule has 0 rings (SSSR count). The summed E-state index contributed by atoms with van der Waals surface area (Å²) in [5.74, 6) is 1.00. The zero-order chi connectivity index (χ0) is 10.8. The summed E-state index contributed by atoms with van der Waals surface area (Å²) in [7, 11) is 0.